The van der Waals surface area contributed by atoms with Crippen molar-refractivity contribution in [3.63, 3.8) is 0 Å². The van der Waals surface area contributed by atoms with Crippen LogP contribution in [0.1, 0.15) is 32.9 Å². The lowest BCUT2D eigenvalue weighted by atomic mass is 9.93. The van der Waals surface area contributed by atoms with E-state index in [0.717, 1.165) is 22.8 Å². The van der Waals surface area contributed by atoms with Crippen molar-refractivity contribution in [2.45, 2.75) is 32.6 Å². The molecule has 0 aromatic carbocycles. The van der Waals surface area contributed by atoms with E-state index in [-0.39, 0.29) is 5.41 Å². The summed E-state index contributed by atoms with van der Waals surface area (Å²) in [5, 5.41) is 2.08. The highest BCUT2D eigenvalue weighted by molar-refractivity contribution is 5.42. The molecule has 0 atom stereocenters. The molecule has 1 heterocycles. The first-order chi connectivity index (χ1) is 6.07. The van der Waals surface area contributed by atoms with Crippen LogP contribution in [0.4, 0.5) is 0 Å². The Balaban J connectivity index is 2.62. The number of aromatic nitrogens is 2. The topological polar surface area (TPSA) is 25.8 Å². The zero-order valence-electron chi connectivity index (χ0n) is 8.33. The lowest BCUT2D eigenvalue weighted by Crippen LogP contribution is -2.32. The van der Waals surface area contributed by atoms with Gasteiger partial charge >= 0.3 is 0 Å². The van der Waals surface area contributed by atoms with E-state index in [9.17, 15) is 0 Å². The van der Waals surface area contributed by atoms with Crippen molar-refractivity contribution in [3.8, 4) is 0 Å². The second-order valence-corrected chi connectivity index (χ2v) is 4.42. The third-order valence-electron chi connectivity index (χ3n) is 2.22. The van der Waals surface area contributed by atoms with E-state index in [1.54, 1.807) is 0 Å². The minimum Gasteiger partial charge on any atom is -0.253 e. The molecule has 1 aliphatic carbocycles. The zero-order valence-corrected chi connectivity index (χ0v) is 8.33. The Kier molecular flexibility index (Phi) is 1.72. The average Bonchev–Trinajstić information content (AvgIpc) is 2.47. The number of rotatable bonds is 0. The summed E-state index contributed by atoms with van der Waals surface area (Å²) < 4.78 is 0. The highest BCUT2D eigenvalue weighted by Gasteiger charge is 2.15. The molecule has 1 aromatic heterocycles. The number of hydrogen-bond acceptors (Lipinski definition) is 2. The van der Waals surface area contributed by atoms with Gasteiger partial charge in [0.05, 0.1) is 16.4 Å². The number of nitrogens with zero attached hydrogens (tertiary/aromatic N) is 2. The number of hydrogen-bond donors (Lipinski definition) is 0. The molecule has 0 unspecified atom stereocenters. The quantitative estimate of drug-likeness (QED) is 0.579. The Hall–Kier alpha value is -1.18. The molecule has 0 radical (unpaired) electrons. The van der Waals surface area contributed by atoms with Gasteiger partial charge in [0, 0.05) is 11.6 Å². The van der Waals surface area contributed by atoms with E-state index < -0.39 is 0 Å². The van der Waals surface area contributed by atoms with Crippen molar-refractivity contribution in [1.82, 2.24) is 9.97 Å². The van der Waals surface area contributed by atoms with Crippen molar-refractivity contribution in [2.24, 2.45) is 0 Å². The van der Waals surface area contributed by atoms with Gasteiger partial charge < -0.3 is 0 Å². The molecule has 0 N–H and O–H groups in total. The monoisotopic (exact) mass is 174 g/mol. The standard InChI is InChI=1S/C11H14N2/c1-11(2,3)10-7-12-8-5-4-6-9(8)13-10/h5-7H,4H2,1-3H3. The maximum atomic E-state index is 4.58. The maximum Gasteiger partial charge on any atom is 0.0850 e. The third kappa shape index (κ3) is 1.48. The van der Waals surface area contributed by atoms with Crippen LogP contribution in [0.3, 0.4) is 0 Å². The first-order valence-corrected chi connectivity index (χ1v) is 4.61. The van der Waals surface area contributed by atoms with Crippen molar-refractivity contribution in [3.05, 3.63) is 22.6 Å². The van der Waals surface area contributed by atoms with Gasteiger partial charge in [-0.2, -0.15) is 0 Å². The molecule has 0 saturated carbocycles. The lowest BCUT2D eigenvalue weighted by Gasteiger charge is -2.16. The minimum atomic E-state index is 0.0957. The maximum absolute atomic E-state index is 4.58. The summed E-state index contributed by atoms with van der Waals surface area (Å²) in [7, 11) is 0. The molecule has 0 bridgehead atoms. The van der Waals surface area contributed by atoms with Crippen LogP contribution < -0.4 is 10.7 Å². The summed E-state index contributed by atoms with van der Waals surface area (Å²) in [6.45, 7) is 6.46. The molecule has 0 aliphatic heterocycles. The van der Waals surface area contributed by atoms with E-state index in [1.165, 1.54) is 0 Å². The summed E-state index contributed by atoms with van der Waals surface area (Å²) in [5.74, 6) is 0. The van der Waals surface area contributed by atoms with E-state index in [4.69, 9.17) is 0 Å². The number of fused-ring (bicyclic) bond motifs is 1. The van der Waals surface area contributed by atoms with E-state index in [0.29, 0.717) is 0 Å². The van der Waals surface area contributed by atoms with Gasteiger partial charge in [0.2, 0.25) is 0 Å². The van der Waals surface area contributed by atoms with Crippen LogP contribution in [0.5, 0.6) is 0 Å². The van der Waals surface area contributed by atoms with E-state index >= 15 is 0 Å². The van der Waals surface area contributed by atoms with Crippen LogP contribution in [0, 0.1) is 0 Å². The molecule has 2 heteroatoms. The Morgan fingerprint density at radius 1 is 1.15 bits per heavy atom. The van der Waals surface area contributed by atoms with Crippen LogP contribution in [-0.4, -0.2) is 9.97 Å². The highest BCUT2D eigenvalue weighted by atomic mass is 14.8. The predicted octanol–water partition coefficient (Wildman–Crippen LogP) is 0.739. The predicted molar refractivity (Wildman–Crippen MR) is 53.5 cm³/mol. The smallest absolute Gasteiger partial charge is 0.0850 e. The van der Waals surface area contributed by atoms with Crippen LogP contribution in [0.15, 0.2) is 6.20 Å². The molecule has 1 aliphatic rings. The van der Waals surface area contributed by atoms with Crippen molar-refractivity contribution in [2.75, 3.05) is 0 Å². The molecule has 1 aromatic rings. The Labute approximate surface area is 78.0 Å². The molecule has 13 heavy (non-hydrogen) atoms. The van der Waals surface area contributed by atoms with Crippen molar-refractivity contribution < 1.29 is 0 Å². The van der Waals surface area contributed by atoms with E-state index in [1.807, 2.05) is 6.20 Å². The fourth-order valence-corrected chi connectivity index (χ4v) is 1.36. The SMILES string of the molecule is CC(C)(C)c1cnc2c(n1)=CCC=2. The first-order valence-electron chi connectivity index (χ1n) is 4.61. The largest absolute Gasteiger partial charge is 0.253 e. The highest BCUT2D eigenvalue weighted by Crippen LogP contribution is 2.16. The van der Waals surface area contributed by atoms with Crippen molar-refractivity contribution >= 4 is 12.2 Å². The van der Waals surface area contributed by atoms with Gasteiger partial charge in [0.25, 0.3) is 0 Å². The van der Waals surface area contributed by atoms with Crippen molar-refractivity contribution in [1.29, 1.82) is 0 Å². The summed E-state index contributed by atoms with van der Waals surface area (Å²) in [5.41, 5.74) is 1.16. The third-order valence-corrected chi connectivity index (χ3v) is 2.22. The zero-order chi connectivity index (χ0) is 9.47. The normalized spacial score (nSPS) is 14.7. The van der Waals surface area contributed by atoms with Crippen LogP contribution in [0.2, 0.25) is 0 Å². The molecular weight excluding hydrogens is 160 g/mol. The molecule has 0 amide bonds. The van der Waals surface area contributed by atoms with Crippen LogP contribution in [-0.2, 0) is 5.41 Å². The first kappa shape index (κ1) is 8.42. The van der Waals surface area contributed by atoms with Gasteiger partial charge in [-0.05, 0) is 6.42 Å². The van der Waals surface area contributed by atoms with Gasteiger partial charge in [-0.15, -0.1) is 0 Å². The Morgan fingerprint density at radius 2 is 1.85 bits per heavy atom. The van der Waals surface area contributed by atoms with Gasteiger partial charge in [-0.3, -0.25) is 4.98 Å². The molecule has 68 valence electrons. The van der Waals surface area contributed by atoms with Gasteiger partial charge in [0.1, 0.15) is 0 Å². The molecule has 2 nitrogen and oxygen atoms in total. The summed E-state index contributed by atoms with van der Waals surface area (Å²) >= 11 is 0. The second-order valence-electron chi connectivity index (χ2n) is 4.42. The minimum absolute atomic E-state index is 0.0957. The summed E-state index contributed by atoms with van der Waals surface area (Å²) in [4.78, 5) is 8.95. The van der Waals surface area contributed by atoms with E-state index in [2.05, 4.69) is 42.9 Å². The average molecular weight is 174 g/mol. The Morgan fingerprint density at radius 3 is 2.54 bits per heavy atom. The molecule has 0 fully saturated rings. The molecule has 2 rings (SSSR count). The lowest BCUT2D eigenvalue weighted by molar-refractivity contribution is 0.562. The fourth-order valence-electron chi connectivity index (χ4n) is 1.36. The summed E-state index contributed by atoms with van der Waals surface area (Å²) in [6.07, 6.45) is 7.09. The molecule has 0 spiro atoms. The Bertz CT molecular complexity index is 438. The van der Waals surface area contributed by atoms with Gasteiger partial charge in [0.15, 0.2) is 0 Å². The second kappa shape index (κ2) is 2.66. The fraction of sp³-hybridized carbons (Fsp3) is 0.455. The molecule has 0 saturated heterocycles. The van der Waals surface area contributed by atoms with Crippen LogP contribution in [0.25, 0.3) is 12.2 Å². The molecular formula is C11H14N2. The van der Waals surface area contributed by atoms with Gasteiger partial charge in [-0.1, -0.05) is 32.9 Å². The van der Waals surface area contributed by atoms with Gasteiger partial charge in [-0.25, -0.2) is 4.98 Å². The summed E-state index contributed by atoms with van der Waals surface area (Å²) in [6, 6.07) is 0. The van der Waals surface area contributed by atoms with Crippen LogP contribution >= 0.6 is 0 Å².